The lowest BCUT2D eigenvalue weighted by molar-refractivity contribution is 0.905. The maximum Gasteiger partial charge on any atom is 0.226 e. The Labute approximate surface area is 128 Å². The quantitative estimate of drug-likeness (QED) is 0.800. The third-order valence-corrected chi connectivity index (χ3v) is 3.79. The zero-order valence-electron chi connectivity index (χ0n) is 12.1. The van der Waals surface area contributed by atoms with Gasteiger partial charge in [0, 0.05) is 18.8 Å². The number of para-hydroxylation sites is 1. The van der Waals surface area contributed by atoms with Gasteiger partial charge in [0.25, 0.3) is 0 Å². The molecule has 0 atom stereocenters. The van der Waals surface area contributed by atoms with Gasteiger partial charge < -0.3 is 10.2 Å². The van der Waals surface area contributed by atoms with Crippen LogP contribution in [0.3, 0.4) is 0 Å². The first-order valence-corrected chi connectivity index (χ1v) is 7.45. The molecule has 1 fully saturated rings. The lowest BCUT2D eigenvalue weighted by Crippen LogP contribution is -2.20. The Morgan fingerprint density at radius 2 is 1.77 bits per heavy atom. The first kappa shape index (κ1) is 12.9. The highest BCUT2D eigenvalue weighted by atomic mass is 15.3. The molecule has 6 nitrogen and oxygen atoms in total. The van der Waals surface area contributed by atoms with Gasteiger partial charge in [-0.2, -0.15) is 0 Å². The molecule has 1 N–H and O–H groups in total. The van der Waals surface area contributed by atoms with Crippen LogP contribution >= 0.6 is 0 Å². The summed E-state index contributed by atoms with van der Waals surface area (Å²) in [5.74, 6) is 1.47. The average molecular weight is 292 g/mol. The minimum absolute atomic E-state index is 0.707. The second-order valence-electron chi connectivity index (χ2n) is 5.31. The highest BCUT2D eigenvalue weighted by Crippen LogP contribution is 2.23. The van der Waals surface area contributed by atoms with Crippen molar-refractivity contribution >= 4 is 28.5 Å². The van der Waals surface area contributed by atoms with E-state index in [0.29, 0.717) is 5.82 Å². The molecule has 0 spiro atoms. The van der Waals surface area contributed by atoms with E-state index < -0.39 is 0 Å². The van der Waals surface area contributed by atoms with Crippen molar-refractivity contribution in [2.24, 2.45) is 0 Å². The van der Waals surface area contributed by atoms with Crippen LogP contribution < -0.4 is 10.2 Å². The fourth-order valence-corrected chi connectivity index (χ4v) is 2.66. The van der Waals surface area contributed by atoms with E-state index in [2.05, 4.69) is 30.2 Å². The van der Waals surface area contributed by atoms with E-state index in [9.17, 15) is 0 Å². The summed E-state index contributed by atoms with van der Waals surface area (Å²) >= 11 is 0. The molecule has 3 heterocycles. The number of aromatic nitrogens is 4. The lowest BCUT2D eigenvalue weighted by Gasteiger charge is -2.15. The molecule has 0 bridgehead atoms. The van der Waals surface area contributed by atoms with Crippen molar-refractivity contribution in [1.29, 1.82) is 0 Å². The van der Waals surface area contributed by atoms with Crippen LogP contribution in [0.15, 0.2) is 42.9 Å². The van der Waals surface area contributed by atoms with Gasteiger partial charge in [-0.3, -0.25) is 0 Å². The summed E-state index contributed by atoms with van der Waals surface area (Å²) in [6.07, 6.45) is 5.70. The highest BCUT2D eigenvalue weighted by molar-refractivity contribution is 5.87. The van der Waals surface area contributed by atoms with Gasteiger partial charge in [0.1, 0.15) is 17.4 Å². The maximum atomic E-state index is 4.68. The predicted molar refractivity (Wildman–Crippen MR) is 86.3 cm³/mol. The number of nitrogens with zero attached hydrogens (tertiary/aromatic N) is 5. The lowest BCUT2D eigenvalue weighted by atomic mass is 10.3. The van der Waals surface area contributed by atoms with E-state index in [4.69, 9.17) is 0 Å². The zero-order chi connectivity index (χ0) is 14.8. The van der Waals surface area contributed by atoms with Crippen LogP contribution in [0.2, 0.25) is 0 Å². The van der Waals surface area contributed by atoms with Crippen molar-refractivity contribution in [2.75, 3.05) is 23.3 Å². The molecule has 1 aliphatic rings. The maximum absolute atomic E-state index is 4.68. The summed E-state index contributed by atoms with van der Waals surface area (Å²) in [5.41, 5.74) is 2.48. The summed E-state index contributed by atoms with van der Waals surface area (Å²) in [7, 11) is 0. The first-order chi connectivity index (χ1) is 10.9. The van der Waals surface area contributed by atoms with Gasteiger partial charge in [0.05, 0.1) is 6.20 Å². The minimum Gasteiger partial charge on any atom is -0.341 e. The summed E-state index contributed by atoms with van der Waals surface area (Å²) in [4.78, 5) is 19.9. The van der Waals surface area contributed by atoms with Crippen molar-refractivity contribution in [3.63, 3.8) is 0 Å². The molecule has 3 aromatic rings. The van der Waals surface area contributed by atoms with Crippen LogP contribution in [0.5, 0.6) is 0 Å². The van der Waals surface area contributed by atoms with E-state index >= 15 is 0 Å². The van der Waals surface area contributed by atoms with E-state index in [1.54, 1.807) is 6.20 Å². The normalized spacial score (nSPS) is 14.5. The minimum atomic E-state index is 0.707. The number of fused-ring (bicyclic) bond motifs is 1. The third kappa shape index (κ3) is 2.43. The van der Waals surface area contributed by atoms with Gasteiger partial charge in [-0.15, -0.1) is 0 Å². The highest BCUT2D eigenvalue weighted by Gasteiger charge is 2.16. The van der Waals surface area contributed by atoms with Crippen molar-refractivity contribution < 1.29 is 0 Å². The Balaban J connectivity index is 1.75. The Morgan fingerprint density at radius 3 is 2.59 bits per heavy atom. The van der Waals surface area contributed by atoms with Crippen LogP contribution in [0.25, 0.3) is 11.0 Å². The molecule has 0 unspecified atom stereocenters. The molecule has 110 valence electrons. The van der Waals surface area contributed by atoms with Gasteiger partial charge in [-0.25, -0.2) is 19.9 Å². The van der Waals surface area contributed by atoms with Crippen molar-refractivity contribution in [2.45, 2.75) is 12.8 Å². The third-order valence-electron chi connectivity index (χ3n) is 3.79. The number of rotatable bonds is 3. The van der Waals surface area contributed by atoms with Gasteiger partial charge in [0.15, 0.2) is 5.82 Å². The van der Waals surface area contributed by atoms with Gasteiger partial charge >= 0.3 is 0 Å². The van der Waals surface area contributed by atoms with E-state index in [-0.39, 0.29) is 0 Å². The van der Waals surface area contributed by atoms with E-state index in [0.717, 1.165) is 35.8 Å². The van der Waals surface area contributed by atoms with Crippen LogP contribution in [-0.2, 0) is 0 Å². The number of nitrogens with one attached hydrogen (secondary N) is 1. The molecule has 1 saturated heterocycles. The monoisotopic (exact) mass is 292 g/mol. The molecular weight excluding hydrogens is 276 g/mol. The first-order valence-electron chi connectivity index (χ1n) is 7.45. The van der Waals surface area contributed by atoms with Crippen molar-refractivity contribution in [3.05, 3.63) is 42.9 Å². The van der Waals surface area contributed by atoms with Crippen LogP contribution in [0.4, 0.5) is 17.5 Å². The Bertz CT molecular complexity index is 783. The molecule has 0 amide bonds. The Morgan fingerprint density at radius 1 is 0.955 bits per heavy atom. The molecule has 0 radical (unpaired) electrons. The topological polar surface area (TPSA) is 66.8 Å². The second kappa shape index (κ2) is 5.55. The van der Waals surface area contributed by atoms with Gasteiger partial charge in [-0.1, -0.05) is 18.2 Å². The average Bonchev–Trinajstić information content (AvgIpc) is 3.10. The standard InChI is InChI=1S/C16H16N6/c1-2-6-12(7-3-1)20-15-14-13(18-11-19-15)10-17-16(21-14)22-8-4-5-9-22/h1-3,6-7,10-11H,4-5,8-9H2,(H,18,19,20). The molecule has 22 heavy (non-hydrogen) atoms. The second-order valence-corrected chi connectivity index (χ2v) is 5.31. The summed E-state index contributed by atoms with van der Waals surface area (Å²) < 4.78 is 0. The van der Waals surface area contributed by atoms with Crippen molar-refractivity contribution in [3.8, 4) is 0 Å². The molecule has 2 aromatic heterocycles. The summed E-state index contributed by atoms with van der Waals surface area (Å²) in [6, 6.07) is 9.94. The fraction of sp³-hybridized carbons (Fsp3) is 0.250. The van der Waals surface area contributed by atoms with Gasteiger partial charge in [0.2, 0.25) is 5.95 Å². The molecule has 0 aliphatic carbocycles. The molecule has 1 aliphatic heterocycles. The molecule has 6 heteroatoms. The summed E-state index contributed by atoms with van der Waals surface area (Å²) in [6.45, 7) is 2.03. The Hall–Kier alpha value is -2.76. The van der Waals surface area contributed by atoms with E-state index in [1.165, 1.54) is 19.2 Å². The number of hydrogen-bond donors (Lipinski definition) is 1. The van der Waals surface area contributed by atoms with Crippen molar-refractivity contribution in [1.82, 2.24) is 19.9 Å². The number of hydrogen-bond acceptors (Lipinski definition) is 6. The molecule has 1 aromatic carbocycles. The fourth-order valence-electron chi connectivity index (χ4n) is 2.66. The predicted octanol–water partition coefficient (Wildman–Crippen LogP) is 2.76. The number of benzene rings is 1. The molecular formula is C16H16N6. The number of anilines is 3. The molecule has 4 rings (SSSR count). The smallest absolute Gasteiger partial charge is 0.226 e. The summed E-state index contributed by atoms with van der Waals surface area (Å²) in [5, 5.41) is 3.30. The van der Waals surface area contributed by atoms with E-state index in [1.807, 2.05) is 30.3 Å². The Kier molecular flexibility index (Phi) is 3.27. The van der Waals surface area contributed by atoms with Crippen LogP contribution in [0, 0.1) is 0 Å². The molecule has 0 saturated carbocycles. The van der Waals surface area contributed by atoms with Crippen LogP contribution in [-0.4, -0.2) is 33.0 Å². The SMILES string of the molecule is c1ccc(Nc2ncnc3cnc(N4CCCC4)nc23)cc1. The van der Waals surface area contributed by atoms with Gasteiger partial charge in [-0.05, 0) is 25.0 Å². The zero-order valence-corrected chi connectivity index (χ0v) is 12.1. The largest absolute Gasteiger partial charge is 0.341 e. The van der Waals surface area contributed by atoms with Crippen LogP contribution in [0.1, 0.15) is 12.8 Å².